The average molecular weight is 254 g/mol. The SMILES string of the molecule is Oc1oc2cc(=S)cccc2c1-c1ccccc1. The highest BCUT2D eigenvalue weighted by Crippen LogP contribution is 2.38. The molecule has 0 atom stereocenters. The van der Waals surface area contributed by atoms with Gasteiger partial charge < -0.3 is 9.52 Å². The Morgan fingerprint density at radius 2 is 1.72 bits per heavy atom. The number of furan rings is 1. The van der Waals surface area contributed by atoms with E-state index in [0.717, 1.165) is 10.9 Å². The van der Waals surface area contributed by atoms with E-state index in [1.807, 2.05) is 48.5 Å². The lowest BCUT2D eigenvalue weighted by Gasteiger charge is -1.97. The summed E-state index contributed by atoms with van der Waals surface area (Å²) >= 11 is 5.13. The van der Waals surface area contributed by atoms with Crippen LogP contribution in [0.5, 0.6) is 5.95 Å². The molecule has 1 aromatic heterocycles. The predicted molar refractivity (Wildman–Crippen MR) is 74.1 cm³/mol. The van der Waals surface area contributed by atoms with Gasteiger partial charge in [0, 0.05) is 9.90 Å². The van der Waals surface area contributed by atoms with E-state index in [9.17, 15) is 5.11 Å². The zero-order chi connectivity index (χ0) is 12.5. The molecular weight excluding hydrogens is 244 g/mol. The normalized spacial score (nSPS) is 10.7. The van der Waals surface area contributed by atoms with Crippen LogP contribution in [-0.2, 0) is 0 Å². The van der Waals surface area contributed by atoms with E-state index in [0.29, 0.717) is 15.7 Å². The second-order valence-electron chi connectivity index (χ2n) is 4.00. The van der Waals surface area contributed by atoms with Gasteiger partial charge in [-0.2, -0.15) is 0 Å². The Kier molecular flexibility index (Phi) is 2.61. The quantitative estimate of drug-likeness (QED) is 0.647. The fraction of sp³-hybridized carbons (Fsp3) is 0. The van der Waals surface area contributed by atoms with Gasteiger partial charge in [-0.15, -0.1) is 0 Å². The molecule has 0 saturated carbocycles. The Labute approximate surface area is 109 Å². The summed E-state index contributed by atoms with van der Waals surface area (Å²) in [6.45, 7) is 0. The summed E-state index contributed by atoms with van der Waals surface area (Å²) in [4.78, 5) is 0. The molecule has 3 aromatic rings. The van der Waals surface area contributed by atoms with Crippen molar-refractivity contribution in [3.05, 3.63) is 59.1 Å². The first-order valence-electron chi connectivity index (χ1n) is 5.57. The second-order valence-corrected chi connectivity index (χ2v) is 4.47. The lowest BCUT2D eigenvalue weighted by molar-refractivity contribution is 0.348. The van der Waals surface area contributed by atoms with Crippen LogP contribution in [0.3, 0.4) is 0 Å². The molecule has 0 aliphatic rings. The van der Waals surface area contributed by atoms with E-state index in [1.165, 1.54) is 0 Å². The number of fused-ring (bicyclic) bond motifs is 1. The maximum atomic E-state index is 9.96. The maximum Gasteiger partial charge on any atom is 0.291 e. The van der Waals surface area contributed by atoms with E-state index >= 15 is 0 Å². The van der Waals surface area contributed by atoms with E-state index in [1.54, 1.807) is 6.07 Å². The predicted octanol–water partition coefficient (Wildman–Crippen LogP) is 4.53. The minimum Gasteiger partial charge on any atom is -0.480 e. The fourth-order valence-electron chi connectivity index (χ4n) is 2.02. The van der Waals surface area contributed by atoms with Crippen LogP contribution in [0, 0.1) is 4.51 Å². The van der Waals surface area contributed by atoms with Gasteiger partial charge in [0.1, 0.15) is 5.58 Å². The third-order valence-electron chi connectivity index (χ3n) is 2.81. The molecule has 0 amide bonds. The lowest BCUT2D eigenvalue weighted by Crippen LogP contribution is -1.73. The maximum absolute atomic E-state index is 9.96. The molecule has 0 radical (unpaired) electrons. The molecule has 1 N–H and O–H groups in total. The molecule has 3 rings (SSSR count). The third kappa shape index (κ3) is 1.79. The molecule has 0 aliphatic carbocycles. The van der Waals surface area contributed by atoms with Crippen LogP contribution in [0.15, 0.2) is 59.0 Å². The van der Waals surface area contributed by atoms with Gasteiger partial charge in [0.2, 0.25) is 0 Å². The van der Waals surface area contributed by atoms with Crippen LogP contribution in [0.2, 0.25) is 0 Å². The fourth-order valence-corrected chi connectivity index (χ4v) is 2.21. The highest BCUT2D eigenvalue weighted by Gasteiger charge is 2.13. The van der Waals surface area contributed by atoms with E-state index < -0.39 is 0 Å². The van der Waals surface area contributed by atoms with Crippen LogP contribution >= 0.6 is 12.2 Å². The van der Waals surface area contributed by atoms with Crippen molar-refractivity contribution in [3.63, 3.8) is 0 Å². The molecule has 0 saturated heterocycles. The number of aromatic hydroxyl groups is 1. The van der Waals surface area contributed by atoms with E-state index in [-0.39, 0.29) is 5.95 Å². The molecule has 0 bridgehead atoms. The van der Waals surface area contributed by atoms with Gasteiger partial charge >= 0.3 is 0 Å². The molecule has 18 heavy (non-hydrogen) atoms. The smallest absolute Gasteiger partial charge is 0.291 e. The molecule has 88 valence electrons. The topological polar surface area (TPSA) is 33.4 Å². The van der Waals surface area contributed by atoms with Crippen molar-refractivity contribution in [2.45, 2.75) is 0 Å². The molecule has 0 unspecified atom stereocenters. The Morgan fingerprint density at radius 1 is 0.944 bits per heavy atom. The number of hydrogen-bond acceptors (Lipinski definition) is 3. The Morgan fingerprint density at radius 3 is 2.50 bits per heavy atom. The van der Waals surface area contributed by atoms with Gasteiger partial charge in [0.15, 0.2) is 0 Å². The van der Waals surface area contributed by atoms with Crippen molar-refractivity contribution >= 4 is 23.2 Å². The highest BCUT2D eigenvalue weighted by molar-refractivity contribution is 7.71. The van der Waals surface area contributed by atoms with Gasteiger partial charge in [-0.1, -0.05) is 54.7 Å². The molecule has 1 heterocycles. The van der Waals surface area contributed by atoms with Crippen molar-refractivity contribution in [2.24, 2.45) is 0 Å². The highest BCUT2D eigenvalue weighted by atomic mass is 32.1. The van der Waals surface area contributed by atoms with E-state index in [2.05, 4.69) is 0 Å². The van der Waals surface area contributed by atoms with Gasteiger partial charge in [-0.3, -0.25) is 0 Å². The lowest BCUT2D eigenvalue weighted by atomic mass is 10.1. The Hall–Kier alpha value is -2.13. The largest absolute Gasteiger partial charge is 0.480 e. The molecule has 3 heteroatoms. The number of rotatable bonds is 1. The zero-order valence-electron chi connectivity index (χ0n) is 9.46. The first-order valence-corrected chi connectivity index (χ1v) is 5.98. The Balaban J connectivity index is 2.41. The van der Waals surface area contributed by atoms with Crippen LogP contribution in [0.1, 0.15) is 0 Å². The van der Waals surface area contributed by atoms with Crippen LogP contribution in [0.25, 0.3) is 22.1 Å². The molecule has 0 fully saturated rings. The number of hydrogen-bond donors (Lipinski definition) is 1. The minimum atomic E-state index is -0.0724. The van der Waals surface area contributed by atoms with Crippen LogP contribution < -0.4 is 0 Å². The molecule has 0 aliphatic heterocycles. The van der Waals surface area contributed by atoms with Crippen molar-refractivity contribution in [1.29, 1.82) is 0 Å². The van der Waals surface area contributed by atoms with Crippen molar-refractivity contribution in [1.82, 2.24) is 0 Å². The minimum absolute atomic E-state index is 0.0724. The first-order chi connectivity index (χ1) is 8.75. The van der Waals surface area contributed by atoms with E-state index in [4.69, 9.17) is 16.6 Å². The monoisotopic (exact) mass is 254 g/mol. The van der Waals surface area contributed by atoms with Crippen molar-refractivity contribution in [3.8, 4) is 17.1 Å². The van der Waals surface area contributed by atoms with Crippen molar-refractivity contribution < 1.29 is 9.52 Å². The van der Waals surface area contributed by atoms with Gasteiger partial charge in [0.05, 0.1) is 5.56 Å². The average Bonchev–Trinajstić information content (AvgIpc) is 2.55. The number of benzene rings is 1. The zero-order valence-corrected chi connectivity index (χ0v) is 10.3. The molecular formula is C15H10O2S. The molecule has 0 spiro atoms. The van der Waals surface area contributed by atoms with Gasteiger partial charge in [0.25, 0.3) is 5.95 Å². The van der Waals surface area contributed by atoms with Gasteiger partial charge in [-0.25, -0.2) is 0 Å². The first kappa shape index (κ1) is 11.0. The molecule has 2 aromatic carbocycles. The third-order valence-corrected chi connectivity index (χ3v) is 3.07. The van der Waals surface area contributed by atoms with Gasteiger partial charge in [-0.05, 0) is 17.7 Å². The summed E-state index contributed by atoms with van der Waals surface area (Å²) in [5.74, 6) is -0.0724. The summed E-state index contributed by atoms with van der Waals surface area (Å²) in [5.41, 5.74) is 2.23. The Bertz CT molecular complexity index is 760. The van der Waals surface area contributed by atoms with Crippen molar-refractivity contribution in [2.75, 3.05) is 0 Å². The summed E-state index contributed by atoms with van der Waals surface area (Å²) in [6.07, 6.45) is 0. The standard InChI is InChI=1S/C15H10O2S/c16-15-14(10-5-2-1-3-6-10)12-8-4-7-11(18)9-13(12)17-15/h1-9,16H. The summed E-state index contributed by atoms with van der Waals surface area (Å²) in [6, 6.07) is 17.0. The molecule has 2 nitrogen and oxygen atoms in total. The summed E-state index contributed by atoms with van der Waals surface area (Å²) in [5, 5.41) is 10.8. The summed E-state index contributed by atoms with van der Waals surface area (Å²) in [7, 11) is 0. The van der Waals surface area contributed by atoms with Crippen LogP contribution in [0.4, 0.5) is 0 Å². The second kappa shape index (κ2) is 4.27. The summed E-state index contributed by atoms with van der Waals surface area (Å²) < 4.78 is 6.06. The van der Waals surface area contributed by atoms with Crippen LogP contribution in [-0.4, -0.2) is 5.11 Å².